The van der Waals surface area contributed by atoms with Gasteiger partial charge < -0.3 is 25.3 Å². The van der Waals surface area contributed by atoms with Crippen LogP contribution in [0.25, 0.3) is 0 Å². The van der Waals surface area contributed by atoms with E-state index in [0.717, 1.165) is 11.3 Å². The first kappa shape index (κ1) is 19.3. The van der Waals surface area contributed by atoms with E-state index >= 15 is 0 Å². The number of hydrogen-bond acceptors (Lipinski definition) is 7. The molecule has 26 heavy (non-hydrogen) atoms. The highest BCUT2D eigenvalue weighted by molar-refractivity contribution is 7.14. The van der Waals surface area contributed by atoms with Gasteiger partial charge in [-0.05, 0) is 36.6 Å². The molecule has 8 nitrogen and oxygen atoms in total. The van der Waals surface area contributed by atoms with Crippen molar-refractivity contribution in [2.45, 2.75) is 6.92 Å². The first-order chi connectivity index (χ1) is 12.5. The van der Waals surface area contributed by atoms with Crippen molar-refractivity contribution in [3.8, 4) is 11.5 Å². The number of amides is 2. The van der Waals surface area contributed by atoms with Gasteiger partial charge in [0.05, 0.1) is 24.8 Å². The smallest absolute Gasteiger partial charge is 0.338 e. The minimum atomic E-state index is -0.692. The summed E-state index contributed by atoms with van der Waals surface area (Å²) in [5, 5.41) is 4.41. The van der Waals surface area contributed by atoms with Crippen LogP contribution >= 0.6 is 11.3 Å². The molecular weight excluding hydrogens is 360 g/mol. The predicted molar refractivity (Wildman–Crippen MR) is 95.9 cm³/mol. The first-order valence-corrected chi connectivity index (χ1v) is 8.49. The largest absolute Gasteiger partial charge is 0.493 e. The molecule has 1 aromatic carbocycles. The molecule has 2 amide bonds. The van der Waals surface area contributed by atoms with Crippen LogP contribution in [0, 0.1) is 0 Å². The van der Waals surface area contributed by atoms with E-state index in [1.807, 2.05) is 6.92 Å². The van der Waals surface area contributed by atoms with Crippen LogP contribution in [0.3, 0.4) is 0 Å². The number of hydrogen-bond donors (Lipinski definition) is 2. The molecule has 0 unspecified atom stereocenters. The molecule has 0 aliphatic carbocycles. The number of carbonyl (C=O) groups is 3. The quantitative estimate of drug-likeness (QED) is 0.679. The zero-order chi connectivity index (χ0) is 19.1. The van der Waals surface area contributed by atoms with Gasteiger partial charge in [-0.2, -0.15) is 0 Å². The van der Waals surface area contributed by atoms with E-state index in [4.69, 9.17) is 19.9 Å². The van der Waals surface area contributed by atoms with Crippen molar-refractivity contribution < 1.29 is 28.6 Å². The number of ether oxygens (including phenoxy) is 3. The molecule has 0 aliphatic rings. The molecule has 0 atom stereocenters. The zero-order valence-electron chi connectivity index (χ0n) is 14.2. The van der Waals surface area contributed by atoms with Crippen molar-refractivity contribution >= 4 is 34.1 Å². The zero-order valence-corrected chi connectivity index (χ0v) is 15.1. The van der Waals surface area contributed by atoms with Crippen LogP contribution in [0.2, 0.25) is 0 Å². The Morgan fingerprint density at radius 3 is 2.62 bits per heavy atom. The molecular formula is C17H18N2O6S. The minimum Gasteiger partial charge on any atom is -0.493 e. The second-order valence-electron chi connectivity index (χ2n) is 4.95. The van der Waals surface area contributed by atoms with E-state index in [-0.39, 0.29) is 11.1 Å². The van der Waals surface area contributed by atoms with Crippen LogP contribution < -0.4 is 20.5 Å². The van der Waals surface area contributed by atoms with Gasteiger partial charge in [0.1, 0.15) is 5.00 Å². The van der Waals surface area contributed by atoms with Crippen LogP contribution in [0.15, 0.2) is 29.6 Å². The number of thiophene rings is 1. The number of primary amides is 1. The summed E-state index contributed by atoms with van der Waals surface area (Å²) in [6.45, 7) is 1.78. The van der Waals surface area contributed by atoms with E-state index in [1.165, 1.54) is 25.3 Å². The third kappa shape index (κ3) is 4.73. The number of nitrogens with two attached hydrogens (primary N) is 1. The monoisotopic (exact) mass is 378 g/mol. The summed E-state index contributed by atoms with van der Waals surface area (Å²) in [5.74, 6) is -1.04. The summed E-state index contributed by atoms with van der Waals surface area (Å²) in [7, 11) is 1.46. The average molecular weight is 378 g/mol. The molecule has 0 bridgehead atoms. The average Bonchev–Trinajstić information content (AvgIpc) is 3.08. The molecule has 0 fully saturated rings. The van der Waals surface area contributed by atoms with E-state index in [2.05, 4.69) is 5.32 Å². The lowest BCUT2D eigenvalue weighted by Gasteiger charge is -2.11. The van der Waals surface area contributed by atoms with Crippen molar-refractivity contribution in [3.63, 3.8) is 0 Å². The van der Waals surface area contributed by atoms with Crippen LogP contribution in [0.5, 0.6) is 11.5 Å². The van der Waals surface area contributed by atoms with Crippen LogP contribution in [0.1, 0.15) is 27.6 Å². The highest BCUT2D eigenvalue weighted by atomic mass is 32.1. The number of methoxy groups -OCH3 is 1. The molecule has 3 N–H and O–H groups in total. The second kappa shape index (κ2) is 8.86. The fraction of sp³-hybridized carbons (Fsp3) is 0.235. The maximum absolute atomic E-state index is 12.1. The molecule has 0 saturated carbocycles. The number of rotatable bonds is 8. The molecule has 9 heteroatoms. The normalized spacial score (nSPS) is 10.1. The molecule has 0 saturated heterocycles. The molecule has 1 aromatic heterocycles. The number of esters is 1. The van der Waals surface area contributed by atoms with Crippen molar-refractivity contribution in [1.82, 2.24) is 0 Å². The number of anilines is 1. The molecule has 138 valence electrons. The standard InChI is InChI=1S/C17H18N2O6S/c1-3-24-12-5-4-10(8-13(12)23-2)17(22)25-9-14(20)19-16-11(15(18)21)6-7-26-16/h4-8H,3,9H2,1-2H3,(H2,18,21)(H,19,20). The van der Waals surface area contributed by atoms with E-state index in [9.17, 15) is 14.4 Å². The Labute approximate surface area is 153 Å². The van der Waals surface area contributed by atoms with Gasteiger partial charge in [-0.3, -0.25) is 9.59 Å². The predicted octanol–water partition coefficient (Wildman–Crippen LogP) is 2.05. The van der Waals surface area contributed by atoms with Gasteiger partial charge in [0.25, 0.3) is 11.8 Å². The van der Waals surface area contributed by atoms with E-state index in [1.54, 1.807) is 11.4 Å². The SMILES string of the molecule is CCOc1ccc(C(=O)OCC(=O)Nc2sccc2C(N)=O)cc1OC. The van der Waals surface area contributed by atoms with Gasteiger partial charge in [-0.15, -0.1) is 11.3 Å². The summed E-state index contributed by atoms with van der Waals surface area (Å²) in [4.78, 5) is 35.2. The van der Waals surface area contributed by atoms with Crippen LogP contribution in [-0.4, -0.2) is 38.1 Å². The van der Waals surface area contributed by atoms with Gasteiger partial charge in [0.15, 0.2) is 18.1 Å². The van der Waals surface area contributed by atoms with Crippen molar-refractivity contribution in [1.29, 1.82) is 0 Å². The molecule has 2 rings (SSSR count). The first-order valence-electron chi connectivity index (χ1n) is 7.61. The Morgan fingerprint density at radius 1 is 1.19 bits per heavy atom. The number of nitrogens with one attached hydrogen (secondary N) is 1. The third-order valence-corrected chi connectivity index (χ3v) is 4.05. The van der Waals surface area contributed by atoms with Gasteiger partial charge in [-0.25, -0.2) is 4.79 Å². The highest BCUT2D eigenvalue weighted by Gasteiger charge is 2.16. The molecule has 1 heterocycles. The molecule has 0 spiro atoms. The van der Waals surface area contributed by atoms with Crippen molar-refractivity contribution in [2.75, 3.05) is 25.6 Å². The van der Waals surface area contributed by atoms with Gasteiger partial charge in [-0.1, -0.05) is 0 Å². The summed E-state index contributed by atoms with van der Waals surface area (Å²) >= 11 is 1.14. The molecule has 2 aromatic rings. The van der Waals surface area contributed by atoms with Crippen molar-refractivity contribution in [3.05, 3.63) is 40.8 Å². The lowest BCUT2D eigenvalue weighted by molar-refractivity contribution is -0.119. The summed E-state index contributed by atoms with van der Waals surface area (Å²) in [5.41, 5.74) is 5.62. The van der Waals surface area contributed by atoms with Gasteiger partial charge in [0.2, 0.25) is 0 Å². The molecule has 0 radical (unpaired) electrons. The Bertz CT molecular complexity index is 817. The topological polar surface area (TPSA) is 117 Å². The summed E-state index contributed by atoms with van der Waals surface area (Å²) in [6.07, 6.45) is 0. The lowest BCUT2D eigenvalue weighted by Crippen LogP contribution is -2.22. The summed E-state index contributed by atoms with van der Waals surface area (Å²) < 4.78 is 15.5. The fourth-order valence-corrected chi connectivity index (χ4v) is 2.86. The Morgan fingerprint density at radius 2 is 1.96 bits per heavy atom. The van der Waals surface area contributed by atoms with Crippen LogP contribution in [-0.2, 0) is 9.53 Å². The Balaban J connectivity index is 1.96. The summed E-state index contributed by atoms with van der Waals surface area (Å²) in [6, 6.07) is 6.07. The molecule has 0 aliphatic heterocycles. The van der Waals surface area contributed by atoms with Crippen LogP contribution in [0.4, 0.5) is 5.00 Å². The third-order valence-electron chi connectivity index (χ3n) is 3.22. The Kier molecular flexibility index (Phi) is 6.56. The highest BCUT2D eigenvalue weighted by Crippen LogP contribution is 2.28. The maximum atomic E-state index is 12.1. The second-order valence-corrected chi connectivity index (χ2v) is 5.87. The fourth-order valence-electron chi connectivity index (χ4n) is 2.05. The lowest BCUT2D eigenvalue weighted by atomic mass is 10.2. The van der Waals surface area contributed by atoms with E-state index < -0.39 is 24.4 Å². The number of carbonyl (C=O) groups excluding carboxylic acids is 3. The van der Waals surface area contributed by atoms with Gasteiger partial charge >= 0.3 is 5.97 Å². The van der Waals surface area contributed by atoms with Crippen molar-refractivity contribution in [2.24, 2.45) is 5.73 Å². The number of benzene rings is 1. The van der Waals surface area contributed by atoms with Gasteiger partial charge in [0, 0.05) is 0 Å². The maximum Gasteiger partial charge on any atom is 0.338 e. The Hall–Kier alpha value is -3.07. The minimum absolute atomic E-state index is 0.200. The van der Waals surface area contributed by atoms with E-state index in [0.29, 0.717) is 23.1 Å².